The molecule has 1 atom stereocenters. The van der Waals surface area contributed by atoms with Crippen molar-refractivity contribution in [2.45, 2.75) is 36.8 Å². The molecule has 0 amide bonds. The van der Waals surface area contributed by atoms with Gasteiger partial charge in [-0.1, -0.05) is 6.92 Å². The van der Waals surface area contributed by atoms with Gasteiger partial charge in [0.25, 0.3) is 0 Å². The van der Waals surface area contributed by atoms with Crippen molar-refractivity contribution in [2.75, 3.05) is 26.0 Å². The monoisotopic (exact) mass is 319 g/mol. The van der Waals surface area contributed by atoms with E-state index in [-0.39, 0.29) is 5.92 Å². The quantitative estimate of drug-likeness (QED) is 0.836. The predicted molar refractivity (Wildman–Crippen MR) is 79.2 cm³/mol. The van der Waals surface area contributed by atoms with Gasteiger partial charge in [0.2, 0.25) is 0 Å². The Hall–Kier alpha value is -0.880. The maximum absolute atomic E-state index is 13.2. The molecular formula is C15H20F3NOS. The molecular weight excluding hydrogens is 299 g/mol. The number of rotatable bonds is 4. The lowest BCUT2D eigenvalue weighted by atomic mass is 9.90. The molecule has 21 heavy (non-hydrogen) atoms. The van der Waals surface area contributed by atoms with E-state index in [1.807, 2.05) is 6.92 Å². The van der Waals surface area contributed by atoms with E-state index in [0.29, 0.717) is 16.4 Å². The van der Waals surface area contributed by atoms with Crippen LogP contribution in [0.1, 0.15) is 36.8 Å². The lowest BCUT2D eigenvalue weighted by molar-refractivity contribution is -0.139. The number of alkyl halides is 3. The smallest absolute Gasteiger partial charge is 0.417 e. The van der Waals surface area contributed by atoms with E-state index in [1.54, 1.807) is 6.07 Å². The molecule has 1 heterocycles. The number of ether oxygens (including phenoxy) is 1. The van der Waals surface area contributed by atoms with E-state index in [0.717, 1.165) is 37.6 Å². The van der Waals surface area contributed by atoms with Crippen LogP contribution in [-0.4, -0.2) is 26.0 Å². The Morgan fingerprint density at radius 3 is 2.67 bits per heavy atom. The molecule has 118 valence electrons. The summed E-state index contributed by atoms with van der Waals surface area (Å²) in [7, 11) is 1.43. The molecule has 0 radical (unpaired) electrons. The minimum absolute atomic E-state index is 0.215. The van der Waals surface area contributed by atoms with Crippen molar-refractivity contribution in [1.82, 2.24) is 5.32 Å². The van der Waals surface area contributed by atoms with Gasteiger partial charge >= 0.3 is 6.18 Å². The fourth-order valence-electron chi connectivity index (χ4n) is 2.69. The van der Waals surface area contributed by atoms with Gasteiger partial charge in [0.15, 0.2) is 0 Å². The molecule has 0 aliphatic carbocycles. The molecule has 1 aliphatic heterocycles. The standard InChI is InChI=1S/C15H20F3NOS/c1-3-21-14-7-11(10-5-4-6-19-9-10)13(20-2)8-12(14)15(16,17)18/h7-8,10,19H,3-6,9H2,1-2H3/t10-/m0/s1. The molecule has 1 N–H and O–H groups in total. The molecule has 6 heteroatoms. The van der Waals surface area contributed by atoms with E-state index in [2.05, 4.69) is 5.32 Å². The second-order valence-electron chi connectivity index (χ2n) is 5.06. The molecule has 1 fully saturated rings. The predicted octanol–water partition coefficient (Wildman–Crippen LogP) is 4.29. The molecule has 1 aromatic rings. The van der Waals surface area contributed by atoms with Crippen LogP contribution in [0.3, 0.4) is 0 Å². The average Bonchev–Trinajstić information content (AvgIpc) is 2.47. The van der Waals surface area contributed by atoms with Crippen molar-refractivity contribution in [3.05, 3.63) is 23.3 Å². The van der Waals surface area contributed by atoms with Gasteiger partial charge in [0.05, 0.1) is 12.7 Å². The first-order chi connectivity index (χ1) is 9.97. The van der Waals surface area contributed by atoms with Crippen molar-refractivity contribution in [3.63, 3.8) is 0 Å². The third-order valence-electron chi connectivity index (χ3n) is 3.67. The normalized spacial score (nSPS) is 19.6. The highest BCUT2D eigenvalue weighted by Crippen LogP contribution is 2.43. The highest BCUT2D eigenvalue weighted by Gasteiger charge is 2.35. The Morgan fingerprint density at radius 2 is 2.14 bits per heavy atom. The van der Waals surface area contributed by atoms with Crippen LogP contribution in [0, 0.1) is 0 Å². The zero-order valence-corrected chi connectivity index (χ0v) is 13.0. The number of piperidine rings is 1. The number of hydrogen-bond acceptors (Lipinski definition) is 3. The van der Waals surface area contributed by atoms with E-state index < -0.39 is 11.7 Å². The Bertz CT molecular complexity index is 485. The zero-order valence-electron chi connectivity index (χ0n) is 12.2. The lowest BCUT2D eigenvalue weighted by Gasteiger charge is -2.26. The van der Waals surface area contributed by atoms with Crippen LogP contribution in [0.4, 0.5) is 13.2 Å². The van der Waals surface area contributed by atoms with E-state index in [4.69, 9.17) is 4.74 Å². The first-order valence-electron chi connectivity index (χ1n) is 7.10. The van der Waals surface area contributed by atoms with Crippen molar-refractivity contribution in [2.24, 2.45) is 0 Å². The minimum Gasteiger partial charge on any atom is -0.496 e. The summed E-state index contributed by atoms with van der Waals surface area (Å²) in [6, 6.07) is 2.83. The number of hydrogen-bond donors (Lipinski definition) is 1. The van der Waals surface area contributed by atoms with Crippen LogP contribution >= 0.6 is 11.8 Å². The summed E-state index contributed by atoms with van der Waals surface area (Å²) in [4.78, 5) is 0.298. The third-order valence-corrected chi connectivity index (χ3v) is 4.61. The SMILES string of the molecule is CCSc1cc([C@H]2CCCNC2)c(OC)cc1C(F)(F)F. The van der Waals surface area contributed by atoms with Crippen molar-refractivity contribution in [3.8, 4) is 5.75 Å². The Labute approximate surface area is 127 Å². The molecule has 0 spiro atoms. The number of methoxy groups -OCH3 is 1. The topological polar surface area (TPSA) is 21.3 Å². The second-order valence-corrected chi connectivity index (χ2v) is 6.37. The van der Waals surface area contributed by atoms with E-state index in [9.17, 15) is 13.2 Å². The summed E-state index contributed by atoms with van der Waals surface area (Å²) in [5.74, 6) is 1.17. The molecule has 0 saturated carbocycles. The molecule has 0 unspecified atom stereocenters. The van der Waals surface area contributed by atoms with Crippen LogP contribution < -0.4 is 10.1 Å². The maximum Gasteiger partial charge on any atom is 0.417 e. The first-order valence-corrected chi connectivity index (χ1v) is 8.08. The van der Waals surface area contributed by atoms with Crippen LogP contribution in [0.5, 0.6) is 5.75 Å². The minimum atomic E-state index is -4.35. The summed E-state index contributed by atoms with van der Waals surface area (Å²) < 4.78 is 44.8. The number of benzene rings is 1. The zero-order chi connectivity index (χ0) is 15.5. The Kier molecular flexibility index (Phi) is 5.43. The Balaban J connectivity index is 2.46. The van der Waals surface area contributed by atoms with Gasteiger partial charge in [0.1, 0.15) is 5.75 Å². The average molecular weight is 319 g/mol. The summed E-state index contributed by atoms with van der Waals surface area (Å²) in [6.45, 7) is 3.62. The summed E-state index contributed by atoms with van der Waals surface area (Å²) in [6.07, 6.45) is -2.34. The summed E-state index contributed by atoms with van der Waals surface area (Å²) in [5, 5.41) is 3.30. The fraction of sp³-hybridized carbons (Fsp3) is 0.600. The molecule has 1 saturated heterocycles. The highest BCUT2D eigenvalue weighted by atomic mass is 32.2. The van der Waals surface area contributed by atoms with Crippen molar-refractivity contribution in [1.29, 1.82) is 0 Å². The van der Waals surface area contributed by atoms with Gasteiger partial charge in [-0.15, -0.1) is 11.8 Å². The second kappa shape index (κ2) is 6.92. The third kappa shape index (κ3) is 3.86. The number of nitrogens with one attached hydrogen (secondary N) is 1. The van der Waals surface area contributed by atoms with Gasteiger partial charge in [0, 0.05) is 17.4 Å². The largest absolute Gasteiger partial charge is 0.496 e. The highest BCUT2D eigenvalue weighted by molar-refractivity contribution is 7.99. The molecule has 2 nitrogen and oxygen atoms in total. The van der Waals surface area contributed by atoms with Gasteiger partial charge < -0.3 is 10.1 Å². The van der Waals surface area contributed by atoms with Gasteiger partial charge in [-0.2, -0.15) is 13.2 Å². The van der Waals surface area contributed by atoms with Gasteiger partial charge in [-0.05, 0) is 42.8 Å². The summed E-state index contributed by atoms with van der Waals surface area (Å²) >= 11 is 1.23. The van der Waals surface area contributed by atoms with E-state index in [1.165, 1.54) is 18.9 Å². The van der Waals surface area contributed by atoms with E-state index >= 15 is 0 Å². The van der Waals surface area contributed by atoms with Gasteiger partial charge in [-0.3, -0.25) is 0 Å². The van der Waals surface area contributed by atoms with Crippen LogP contribution in [-0.2, 0) is 6.18 Å². The number of thioether (sulfide) groups is 1. The summed E-state index contributed by atoms with van der Waals surface area (Å²) in [5.41, 5.74) is 0.285. The maximum atomic E-state index is 13.2. The molecule has 2 rings (SSSR count). The molecule has 0 aromatic heterocycles. The fourth-order valence-corrected chi connectivity index (χ4v) is 3.54. The molecule has 1 aromatic carbocycles. The molecule has 0 bridgehead atoms. The number of halogens is 3. The Morgan fingerprint density at radius 1 is 1.38 bits per heavy atom. The lowest BCUT2D eigenvalue weighted by Crippen LogP contribution is -2.28. The van der Waals surface area contributed by atoms with Crippen molar-refractivity contribution >= 4 is 11.8 Å². The first kappa shape index (κ1) is 16.5. The van der Waals surface area contributed by atoms with Gasteiger partial charge in [-0.25, -0.2) is 0 Å². The van der Waals surface area contributed by atoms with Crippen LogP contribution in [0.25, 0.3) is 0 Å². The van der Waals surface area contributed by atoms with Crippen molar-refractivity contribution < 1.29 is 17.9 Å². The molecule has 1 aliphatic rings. The van der Waals surface area contributed by atoms with Crippen LogP contribution in [0.2, 0.25) is 0 Å². The van der Waals surface area contributed by atoms with Crippen LogP contribution in [0.15, 0.2) is 17.0 Å².